The molecule has 0 bridgehead atoms. The maximum atomic E-state index is 11.8. The van der Waals surface area contributed by atoms with Gasteiger partial charge in [-0.15, -0.1) is 0 Å². The molecular weight excluding hydrogens is 260 g/mol. The molecular formula is C16H15ClO2. The molecule has 2 aromatic carbocycles. The summed E-state index contributed by atoms with van der Waals surface area (Å²) in [7, 11) is 0. The van der Waals surface area contributed by atoms with Gasteiger partial charge in [-0.1, -0.05) is 48.9 Å². The van der Waals surface area contributed by atoms with Crippen LogP contribution in [0.3, 0.4) is 0 Å². The molecule has 0 fully saturated rings. The first-order valence-electron chi connectivity index (χ1n) is 6.21. The summed E-state index contributed by atoms with van der Waals surface area (Å²) < 4.78 is 5.32. The molecule has 0 radical (unpaired) electrons. The second-order valence-electron chi connectivity index (χ2n) is 4.29. The Morgan fingerprint density at radius 3 is 2.53 bits per heavy atom. The third-order valence-corrected chi connectivity index (χ3v) is 2.98. The number of aryl methyl sites for hydroxylation is 1. The summed E-state index contributed by atoms with van der Waals surface area (Å²) >= 11 is 5.98. The number of halogens is 1. The first-order valence-corrected chi connectivity index (χ1v) is 6.59. The minimum atomic E-state index is -0.282. The first kappa shape index (κ1) is 13.6. The van der Waals surface area contributed by atoms with Gasteiger partial charge in [0.1, 0.15) is 5.75 Å². The van der Waals surface area contributed by atoms with Crippen molar-refractivity contribution in [3.05, 3.63) is 64.7 Å². The Bertz CT molecular complexity index is 564. The quantitative estimate of drug-likeness (QED) is 0.621. The molecule has 0 heterocycles. The van der Waals surface area contributed by atoms with Gasteiger partial charge in [0.25, 0.3) is 0 Å². The molecule has 0 saturated heterocycles. The summed E-state index contributed by atoms with van der Waals surface area (Å²) in [4.78, 5) is 11.8. The Hall–Kier alpha value is -1.80. The van der Waals surface area contributed by atoms with E-state index < -0.39 is 0 Å². The van der Waals surface area contributed by atoms with Gasteiger partial charge in [-0.25, -0.2) is 0 Å². The topological polar surface area (TPSA) is 26.3 Å². The molecule has 0 atom stereocenters. The zero-order chi connectivity index (χ0) is 13.7. The summed E-state index contributed by atoms with van der Waals surface area (Å²) in [5.41, 5.74) is 1.99. The van der Waals surface area contributed by atoms with Gasteiger partial charge in [-0.05, 0) is 35.7 Å². The number of hydrogen-bond acceptors (Lipinski definition) is 2. The average Bonchev–Trinajstić information content (AvgIpc) is 2.38. The number of carbonyl (C=O) groups is 1. The van der Waals surface area contributed by atoms with Crippen LogP contribution in [0.15, 0.2) is 48.5 Å². The maximum absolute atomic E-state index is 11.8. The van der Waals surface area contributed by atoms with Crippen LogP contribution >= 0.6 is 11.6 Å². The van der Waals surface area contributed by atoms with Gasteiger partial charge < -0.3 is 4.74 Å². The molecule has 2 aromatic rings. The summed E-state index contributed by atoms with van der Waals surface area (Å²) in [5, 5.41) is 0.585. The lowest BCUT2D eigenvalue weighted by Gasteiger charge is -2.07. The van der Waals surface area contributed by atoms with Crippen LogP contribution in [-0.4, -0.2) is 5.97 Å². The molecule has 98 valence electrons. The van der Waals surface area contributed by atoms with Crippen molar-refractivity contribution in [3.8, 4) is 5.75 Å². The molecule has 0 N–H and O–H groups in total. The lowest BCUT2D eigenvalue weighted by molar-refractivity contribution is -0.133. The van der Waals surface area contributed by atoms with Crippen LogP contribution in [0.5, 0.6) is 5.75 Å². The lowest BCUT2D eigenvalue weighted by Crippen LogP contribution is -2.11. The maximum Gasteiger partial charge on any atom is 0.315 e. The van der Waals surface area contributed by atoms with Gasteiger partial charge in [-0.3, -0.25) is 4.79 Å². The van der Waals surface area contributed by atoms with E-state index in [1.54, 1.807) is 6.07 Å². The highest BCUT2D eigenvalue weighted by Gasteiger charge is 2.07. The fourth-order valence-electron chi connectivity index (χ4n) is 1.81. The van der Waals surface area contributed by atoms with E-state index >= 15 is 0 Å². The second-order valence-corrected chi connectivity index (χ2v) is 4.72. The number of carbonyl (C=O) groups excluding carboxylic acids is 1. The van der Waals surface area contributed by atoms with Gasteiger partial charge in [0.05, 0.1) is 6.42 Å². The van der Waals surface area contributed by atoms with E-state index in [0.717, 1.165) is 17.5 Å². The molecule has 0 aliphatic carbocycles. The van der Waals surface area contributed by atoms with Gasteiger partial charge in [0.15, 0.2) is 0 Å². The van der Waals surface area contributed by atoms with Crippen molar-refractivity contribution >= 4 is 17.6 Å². The average molecular weight is 275 g/mol. The largest absolute Gasteiger partial charge is 0.426 e. The van der Waals surface area contributed by atoms with E-state index in [0.29, 0.717) is 10.8 Å². The van der Waals surface area contributed by atoms with Crippen molar-refractivity contribution < 1.29 is 9.53 Å². The van der Waals surface area contributed by atoms with Crippen LogP contribution in [-0.2, 0) is 17.6 Å². The van der Waals surface area contributed by atoms with Crippen molar-refractivity contribution in [3.63, 3.8) is 0 Å². The standard InChI is InChI=1S/C16H15ClO2/c1-2-12-8-14(17)11-15(9-12)19-16(18)10-13-6-4-3-5-7-13/h3-9,11H,2,10H2,1H3. The highest BCUT2D eigenvalue weighted by atomic mass is 35.5. The van der Waals surface area contributed by atoms with E-state index in [1.807, 2.05) is 49.4 Å². The lowest BCUT2D eigenvalue weighted by atomic mass is 10.1. The Balaban J connectivity index is 2.05. The third-order valence-electron chi connectivity index (χ3n) is 2.76. The van der Waals surface area contributed by atoms with E-state index in [4.69, 9.17) is 16.3 Å². The zero-order valence-electron chi connectivity index (χ0n) is 10.7. The predicted molar refractivity (Wildman–Crippen MR) is 76.6 cm³/mol. The highest BCUT2D eigenvalue weighted by Crippen LogP contribution is 2.21. The van der Waals surface area contributed by atoms with Crippen molar-refractivity contribution in [1.29, 1.82) is 0 Å². The minimum absolute atomic E-state index is 0.259. The van der Waals surface area contributed by atoms with Crippen LogP contribution < -0.4 is 4.74 Å². The van der Waals surface area contributed by atoms with Crippen molar-refractivity contribution in [2.75, 3.05) is 0 Å². The normalized spacial score (nSPS) is 10.2. The number of benzene rings is 2. The molecule has 0 aromatic heterocycles. The molecule has 0 amide bonds. The minimum Gasteiger partial charge on any atom is -0.426 e. The molecule has 0 aliphatic rings. The SMILES string of the molecule is CCc1cc(Cl)cc(OC(=O)Cc2ccccc2)c1. The molecule has 2 rings (SSSR count). The molecule has 19 heavy (non-hydrogen) atoms. The zero-order valence-corrected chi connectivity index (χ0v) is 11.5. The summed E-state index contributed by atoms with van der Waals surface area (Å²) in [6.07, 6.45) is 1.11. The Morgan fingerprint density at radius 2 is 1.84 bits per heavy atom. The molecule has 0 aliphatic heterocycles. The van der Waals surface area contributed by atoms with Gasteiger partial charge >= 0.3 is 5.97 Å². The highest BCUT2D eigenvalue weighted by molar-refractivity contribution is 6.30. The summed E-state index contributed by atoms with van der Waals surface area (Å²) in [6, 6.07) is 14.9. The Labute approximate surface area is 118 Å². The summed E-state index contributed by atoms with van der Waals surface area (Å²) in [5.74, 6) is 0.223. The Morgan fingerprint density at radius 1 is 1.11 bits per heavy atom. The number of hydrogen-bond donors (Lipinski definition) is 0. The number of esters is 1. The van der Waals surface area contributed by atoms with Crippen molar-refractivity contribution in [2.45, 2.75) is 19.8 Å². The number of ether oxygens (including phenoxy) is 1. The van der Waals surface area contributed by atoms with Gasteiger partial charge in [0, 0.05) is 5.02 Å². The fraction of sp³-hybridized carbons (Fsp3) is 0.188. The van der Waals surface area contributed by atoms with E-state index in [-0.39, 0.29) is 12.4 Å². The smallest absolute Gasteiger partial charge is 0.315 e. The second kappa shape index (κ2) is 6.39. The molecule has 0 unspecified atom stereocenters. The van der Waals surface area contributed by atoms with Crippen molar-refractivity contribution in [1.82, 2.24) is 0 Å². The first-order chi connectivity index (χ1) is 9.17. The molecule has 0 spiro atoms. The van der Waals surface area contributed by atoms with Crippen LogP contribution in [0.2, 0.25) is 5.02 Å². The third kappa shape index (κ3) is 4.11. The molecule has 3 heteroatoms. The molecule has 2 nitrogen and oxygen atoms in total. The number of rotatable bonds is 4. The van der Waals surface area contributed by atoms with E-state index in [2.05, 4.69) is 0 Å². The van der Waals surface area contributed by atoms with Crippen LogP contribution in [0.4, 0.5) is 0 Å². The van der Waals surface area contributed by atoms with E-state index in [9.17, 15) is 4.79 Å². The van der Waals surface area contributed by atoms with E-state index in [1.165, 1.54) is 0 Å². The van der Waals surface area contributed by atoms with Gasteiger partial charge in [-0.2, -0.15) is 0 Å². The van der Waals surface area contributed by atoms with Crippen molar-refractivity contribution in [2.24, 2.45) is 0 Å². The van der Waals surface area contributed by atoms with Crippen LogP contribution in [0.1, 0.15) is 18.1 Å². The monoisotopic (exact) mass is 274 g/mol. The van der Waals surface area contributed by atoms with Crippen LogP contribution in [0, 0.1) is 0 Å². The van der Waals surface area contributed by atoms with Gasteiger partial charge in [0.2, 0.25) is 0 Å². The summed E-state index contributed by atoms with van der Waals surface area (Å²) in [6.45, 7) is 2.03. The predicted octanol–water partition coefficient (Wildman–Crippen LogP) is 4.05. The van der Waals surface area contributed by atoms with Crippen LogP contribution in [0.25, 0.3) is 0 Å². The fourth-order valence-corrected chi connectivity index (χ4v) is 2.06. The molecule has 0 saturated carbocycles. The Kier molecular flexibility index (Phi) is 4.58.